The highest BCUT2D eigenvalue weighted by Crippen LogP contribution is 2.23. The van der Waals surface area contributed by atoms with Crippen LogP contribution in [0.25, 0.3) is 10.4 Å². The van der Waals surface area contributed by atoms with Crippen LogP contribution in [0.5, 0.6) is 0 Å². The molecular weight excluding hydrogens is 254 g/mol. The minimum Gasteiger partial charge on any atom is -0.464 e. The van der Waals surface area contributed by atoms with E-state index in [4.69, 9.17) is 5.53 Å². The molecule has 104 valence electrons. The highest BCUT2D eigenvalue weighted by molar-refractivity contribution is 5.89. The normalized spacial score (nSPS) is 13.5. The average Bonchev–Trinajstić information content (AvgIpc) is 2.79. The first-order valence-corrected chi connectivity index (χ1v) is 5.50. The summed E-state index contributed by atoms with van der Waals surface area (Å²) < 4.78 is 5.84. The molecule has 0 radical (unpaired) electrons. The largest absolute Gasteiger partial charge is 0.464 e. The zero-order valence-electron chi connectivity index (χ0n) is 10.6. The Labute approximate surface area is 109 Å². The van der Waals surface area contributed by atoms with Gasteiger partial charge in [0.05, 0.1) is 19.4 Å². The molecule has 2 N–H and O–H groups in total. The second-order valence-corrected chi connectivity index (χ2v) is 3.82. The van der Waals surface area contributed by atoms with Gasteiger partial charge in [0.15, 0.2) is 5.69 Å². The van der Waals surface area contributed by atoms with Crippen LogP contribution in [0.3, 0.4) is 0 Å². The lowest BCUT2D eigenvalue weighted by Gasteiger charge is -2.16. The molecule has 0 saturated heterocycles. The van der Waals surface area contributed by atoms with Crippen molar-refractivity contribution in [1.29, 1.82) is 0 Å². The van der Waals surface area contributed by atoms with E-state index in [1.807, 2.05) is 0 Å². The van der Waals surface area contributed by atoms with E-state index in [9.17, 15) is 15.0 Å². The lowest BCUT2D eigenvalue weighted by Crippen LogP contribution is -2.22. The molecule has 1 aromatic heterocycles. The Morgan fingerprint density at radius 1 is 1.68 bits per heavy atom. The summed E-state index contributed by atoms with van der Waals surface area (Å²) in [6, 6.07) is 0. The molecule has 1 rings (SSSR count). The average molecular weight is 269 g/mol. The molecule has 1 aromatic rings. The van der Waals surface area contributed by atoms with E-state index in [2.05, 4.69) is 19.9 Å². The first-order valence-electron chi connectivity index (χ1n) is 5.50. The summed E-state index contributed by atoms with van der Waals surface area (Å²) in [4.78, 5) is 14.1. The number of aryl methyl sites for hydroxylation is 1. The summed E-state index contributed by atoms with van der Waals surface area (Å²) >= 11 is 0. The molecule has 9 heteroatoms. The molecule has 9 nitrogen and oxygen atoms in total. The minimum atomic E-state index is -1.31. The van der Waals surface area contributed by atoms with E-state index >= 15 is 0 Å². The first-order chi connectivity index (χ1) is 9.02. The summed E-state index contributed by atoms with van der Waals surface area (Å²) in [7, 11) is 2.73. The minimum absolute atomic E-state index is 0.0442. The molecule has 0 saturated carbocycles. The van der Waals surface area contributed by atoms with Crippen molar-refractivity contribution in [2.75, 3.05) is 13.7 Å². The number of rotatable bonds is 6. The molecule has 0 bridgehead atoms. The fourth-order valence-corrected chi connectivity index (χ4v) is 1.62. The number of hydrogen-bond acceptors (Lipinski definition) is 6. The third-order valence-electron chi connectivity index (χ3n) is 2.62. The summed E-state index contributed by atoms with van der Waals surface area (Å²) in [5.41, 5.74) is 8.36. The van der Waals surface area contributed by atoms with Crippen LogP contribution >= 0.6 is 0 Å². The third-order valence-corrected chi connectivity index (χ3v) is 2.62. The lowest BCUT2D eigenvalue weighted by atomic mass is 10.0. The molecule has 2 atom stereocenters. The van der Waals surface area contributed by atoms with Crippen LogP contribution in [0, 0.1) is 0 Å². The fourth-order valence-electron chi connectivity index (χ4n) is 1.62. The number of aliphatic hydroxyl groups is 2. The maximum Gasteiger partial charge on any atom is 0.356 e. The molecule has 0 aliphatic heterocycles. The molecule has 19 heavy (non-hydrogen) atoms. The monoisotopic (exact) mass is 269 g/mol. The highest BCUT2D eigenvalue weighted by Gasteiger charge is 2.27. The van der Waals surface area contributed by atoms with Crippen molar-refractivity contribution in [3.05, 3.63) is 27.9 Å². The van der Waals surface area contributed by atoms with Crippen LogP contribution < -0.4 is 0 Å². The number of ether oxygens (including phenoxy) is 1. The van der Waals surface area contributed by atoms with Crippen LogP contribution in [0.1, 0.15) is 28.6 Å². The van der Waals surface area contributed by atoms with Crippen LogP contribution in [0.2, 0.25) is 0 Å². The van der Waals surface area contributed by atoms with Gasteiger partial charge in [0.2, 0.25) is 0 Å². The van der Waals surface area contributed by atoms with E-state index in [1.54, 1.807) is 0 Å². The van der Waals surface area contributed by atoms with E-state index in [1.165, 1.54) is 25.0 Å². The van der Waals surface area contributed by atoms with Crippen LogP contribution in [-0.2, 0) is 11.8 Å². The van der Waals surface area contributed by atoms with Crippen molar-refractivity contribution in [1.82, 2.24) is 9.78 Å². The van der Waals surface area contributed by atoms with Gasteiger partial charge in [-0.1, -0.05) is 5.11 Å². The predicted molar refractivity (Wildman–Crippen MR) is 64.1 cm³/mol. The van der Waals surface area contributed by atoms with Gasteiger partial charge in [-0.2, -0.15) is 5.10 Å². The molecule has 0 aromatic carbocycles. The van der Waals surface area contributed by atoms with Crippen molar-refractivity contribution in [2.45, 2.75) is 18.6 Å². The number of aromatic nitrogens is 2. The van der Waals surface area contributed by atoms with Gasteiger partial charge in [-0.3, -0.25) is 4.68 Å². The van der Waals surface area contributed by atoms with Crippen molar-refractivity contribution >= 4 is 5.97 Å². The van der Waals surface area contributed by atoms with Gasteiger partial charge >= 0.3 is 5.97 Å². The highest BCUT2D eigenvalue weighted by atomic mass is 16.5. The quantitative estimate of drug-likeness (QED) is 0.331. The number of carbonyl (C=O) groups excluding carboxylic acids is 1. The van der Waals surface area contributed by atoms with Crippen molar-refractivity contribution < 1.29 is 19.7 Å². The molecule has 0 aliphatic rings. The molecule has 0 spiro atoms. The van der Waals surface area contributed by atoms with E-state index in [-0.39, 0.29) is 24.2 Å². The number of aliphatic hydroxyl groups excluding tert-OH is 2. The zero-order valence-corrected chi connectivity index (χ0v) is 10.6. The molecular formula is C10H15N5O4. The molecule has 0 fully saturated rings. The lowest BCUT2D eigenvalue weighted by molar-refractivity contribution is 0.0137. The van der Waals surface area contributed by atoms with Gasteiger partial charge < -0.3 is 14.9 Å². The standard InChI is InChI=1S/C10H15N5O4/c1-15-8(10(18)19-2)6(5-13-15)9(17)7(16)3-4-12-14-11/h5,7,9,16-17H,3-4H2,1-2H3. The van der Waals surface area contributed by atoms with Crippen molar-refractivity contribution in [3.63, 3.8) is 0 Å². The number of esters is 1. The van der Waals surface area contributed by atoms with E-state index in [0.717, 1.165) is 0 Å². The van der Waals surface area contributed by atoms with Crippen LogP contribution in [0.4, 0.5) is 0 Å². The number of nitrogens with zero attached hydrogens (tertiary/aromatic N) is 5. The van der Waals surface area contributed by atoms with Crippen LogP contribution in [0.15, 0.2) is 11.3 Å². The summed E-state index contributed by atoms with van der Waals surface area (Å²) in [5, 5.41) is 26.9. The van der Waals surface area contributed by atoms with Crippen molar-refractivity contribution in [2.24, 2.45) is 12.2 Å². The Balaban J connectivity index is 2.90. The fraction of sp³-hybridized carbons (Fsp3) is 0.600. The van der Waals surface area contributed by atoms with Gasteiger partial charge in [0.1, 0.15) is 6.10 Å². The molecule has 0 aliphatic carbocycles. The Kier molecular flexibility index (Phi) is 5.31. The molecule has 2 unspecified atom stereocenters. The smallest absolute Gasteiger partial charge is 0.356 e. The predicted octanol–water partition coefficient (Wildman–Crippen LogP) is 0.301. The van der Waals surface area contributed by atoms with Gasteiger partial charge in [-0.25, -0.2) is 4.79 Å². The second-order valence-electron chi connectivity index (χ2n) is 3.82. The van der Waals surface area contributed by atoms with Gasteiger partial charge in [-0.05, 0) is 12.0 Å². The summed E-state index contributed by atoms with van der Waals surface area (Å²) in [6.07, 6.45) is -1.12. The number of carbonyl (C=O) groups is 1. The first kappa shape index (κ1) is 15.0. The van der Waals surface area contributed by atoms with E-state index in [0.29, 0.717) is 0 Å². The second kappa shape index (κ2) is 6.74. The summed E-state index contributed by atoms with van der Waals surface area (Å²) in [5.74, 6) is -0.656. The van der Waals surface area contributed by atoms with Gasteiger partial charge in [-0.15, -0.1) is 0 Å². The number of methoxy groups -OCH3 is 1. The topological polar surface area (TPSA) is 133 Å². The number of azide groups is 1. The van der Waals surface area contributed by atoms with Crippen LogP contribution in [-0.4, -0.2) is 45.7 Å². The summed E-state index contributed by atoms with van der Waals surface area (Å²) in [6.45, 7) is 0.0442. The number of hydrogen-bond donors (Lipinski definition) is 2. The van der Waals surface area contributed by atoms with Gasteiger partial charge in [0.25, 0.3) is 0 Å². The Bertz CT molecular complexity index is 494. The van der Waals surface area contributed by atoms with E-state index < -0.39 is 18.2 Å². The maximum absolute atomic E-state index is 11.6. The third kappa shape index (κ3) is 3.44. The Morgan fingerprint density at radius 3 is 2.95 bits per heavy atom. The molecule has 1 heterocycles. The zero-order chi connectivity index (χ0) is 14.4. The molecule has 0 amide bonds. The SMILES string of the molecule is COC(=O)c1c(C(O)C(O)CCN=[N+]=[N-])cnn1C. The van der Waals surface area contributed by atoms with Crippen molar-refractivity contribution in [3.8, 4) is 0 Å². The Hall–Kier alpha value is -2.09. The Morgan fingerprint density at radius 2 is 2.37 bits per heavy atom. The maximum atomic E-state index is 11.6. The van der Waals surface area contributed by atoms with Gasteiger partial charge in [0, 0.05) is 24.1 Å².